The Kier molecular flexibility index (Phi) is 3.69. The van der Waals surface area contributed by atoms with Gasteiger partial charge in [0.05, 0.1) is 0 Å². The molecule has 0 aliphatic carbocycles. The minimum Gasteiger partial charge on any atom is -0.423 e. The molecule has 0 aliphatic heterocycles. The van der Waals surface area contributed by atoms with Crippen molar-refractivity contribution < 1.29 is 4.42 Å². The van der Waals surface area contributed by atoms with Crippen molar-refractivity contribution in [2.75, 3.05) is 5.32 Å². The van der Waals surface area contributed by atoms with Gasteiger partial charge in [-0.1, -0.05) is 30.3 Å². The quantitative estimate of drug-likeness (QED) is 0.785. The van der Waals surface area contributed by atoms with Crippen molar-refractivity contribution >= 4 is 5.69 Å². The smallest absolute Gasteiger partial charge is 0.247 e. The zero-order valence-corrected chi connectivity index (χ0v) is 12.1. The number of anilines is 1. The molecule has 0 saturated heterocycles. The number of nitrogens with zero attached hydrogens (tertiary/aromatic N) is 2. The Labute approximate surface area is 123 Å². The van der Waals surface area contributed by atoms with E-state index in [1.54, 1.807) is 0 Å². The lowest BCUT2D eigenvalue weighted by Crippen LogP contribution is -2.02. The molecule has 0 aliphatic rings. The van der Waals surface area contributed by atoms with E-state index in [9.17, 15) is 0 Å². The molecule has 0 bridgehead atoms. The van der Waals surface area contributed by atoms with Gasteiger partial charge in [0.1, 0.15) is 0 Å². The van der Waals surface area contributed by atoms with Crippen LogP contribution in [0.25, 0.3) is 11.5 Å². The van der Waals surface area contributed by atoms with Crippen LogP contribution in [0.5, 0.6) is 0 Å². The molecule has 106 valence electrons. The summed E-state index contributed by atoms with van der Waals surface area (Å²) in [6.45, 7) is 5.00. The van der Waals surface area contributed by atoms with E-state index in [1.807, 2.05) is 12.1 Å². The van der Waals surface area contributed by atoms with Gasteiger partial charge in [-0.15, -0.1) is 10.2 Å². The van der Waals surface area contributed by atoms with Crippen molar-refractivity contribution in [2.45, 2.75) is 20.4 Å². The monoisotopic (exact) mass is 279 g/mol. The van der Waals surface area contributed by atoms with Crippen molar-refractivity contribution in [3.05, 3.63) is 65.5 Å². The first kappa shape index (κ1) is 13.4. The summed E-state index contributed by atoms with van der Waals surface area (Å²) in [6, 6.07) is 14.5. The maximum absolute atomic E-state index is 5.25. The highest BCUT2D eigenvalue weighted by Crippen LogP contribution is 2.24. The van der Waals surface area contributed by atoms with Crippen molar-refractivity contribution in [2.24, 2.45) is 0 Å². The molecule has 0 atom stereocenters. The minimum absolute atomic E-state index is 0.536. The number of aryl methyl sites for hydroxylation is 2. The maximum Gasteiger partial charge on any atom is 0.247 e. The summed E-state index contributed by atoms with van der Waals surface area (Å²) in [5, 5.41) is 11.1. The first-order valence-electron chi connectivity index (χ1n) is 6.89. The lowest BCUT2D eigenvalue weighted by molar-refractivity contribution is 0.568. The van der Waals surface area contributed by atoms with Crippen molar-refractivity contribution in [1.82, 2.24) is 10.2 Å². The lowest BCUT2D eigenvalue weighted by Gasteiger charge is -2.12. The molecule has 21 heavy (non-hydrogen) atoms. The Morgan fingerprint density at radius 2 is 1.90 bits per heavy atom. The van der Waals surface area contributed by atoms with Gasteiger partial charge in [0, 0.05) is 17.8 Å². The molecule has 1 heterocycles. The molecule has 1 N–H and O–H groups in total. The fraction of sp³-hybridized carbons (Fsp3) is 0.176. The Morgan fingerprint density at radius 3 is 2.67 bits per heavy atom. The third kappa shape index (κ3) is 2.94. The van der Waals surface area contributed by atoms with E-state index in [-0.39, 0.29) is 0 Å². The Balaban J connectivity index is 1.82. The van der Waals surface area contributed by atoms with Gasteiger partial charge in [0.25, 0.3) is 0 Å². The van der Waals surface area contributed by atoms with Gasteiger partial charge in [-0.25, -0.2) is 0 Å². The number of nitrogens with one attached hydrogen (secondary N) is 1. The highest BCUT2D eigenvalue weighted by molar-refractivity contribution is 5.64. The molecule has 4 nitrogen and oxygen atoms in total. The van der Waals surface area contributed by atoms with Gasteiger partial charge in [-0.2, -0.15) is 0 Å². The van der Waals surface area contributed by atoms with Crippen LogP contribution in [-0.2, 0) is 6.54 Å². The molecule has 0 saturated carbocycles. The van der Waals surface area contributed by atoms with E-state index in [0.717, 1.165) is 17.8 Å². The van der Waals surface area contributed by atoms with Crippen LogP contribution >= 0.6 is 0 Å². The predicted molar refractivity (Wildman–Crippen MR) is 83.0 cm³/mol. The van der Waals surface area contributed by atoms with E-state index < -0.39 is 0 Å². The van der Waals surface area contributed by atoms with Crippen LogP contribution in [0.4, 0.5) is 5.69 Å². The number of hydrogen-bond acceptors (Lipinski definition) is 4. The SMILES string of the molecule is Cc1ccccc1CNc1cc(-c2nnco2)ccc1C. The van der Waals surface area contributed by atoms with Crippen molar-refractivity contribution in [1.29, 1.82) is 0 Å². The zero-order valence-electron chi connectivity index (χ0n) is 12.1. The topological polar surface area (TPSA) is 51.0 Å². The van der Waals surface area contributed by atoms with Gasteiger partial charge in [0.2, 0.25) is 12.3 Å². The second-order valence-corrected chi connectivity index (χ2v) is 5.05. The van der Waals surface area contributed by atoms with Gasteiger partial charge in [0.15, 0.2) is 0 Å². The summed E-state index contributed by atoms with van der Waals surface area (Å²) >= 11 is 0. The molecule has 0 spiro atoms. The zero-order chi connectivity index (χ0) is 14.7. The third-order valence-electron chi connectivity index (χ3n) is 3.58. The summed E-state index contributed by atoms with van der Waals surface area (Å²) in [6.07, 6.45) is 1.34. The van der Waals surface area contributed by atoms with E-state index in [1.165, 1.54) is 23.1 Å². The Morgan fingerprint density at radius 1 is 1.05 bits per heavy atom. The largest absolute Gasteiger partial charge is 0.423 e. The van der Waals surface area contributed by atoms with Crippen molar-refractivity contribution in [3.63, 3.8) is 0 Å². The Hall–Kier alpha value is -2.62. The highest BCUT2D eigenvalue weighted by atomic mass is 16.4. The molecule has 3 rings (SSSR count). The van der Waals surface area contributed by atoms with Gasteiger partial charge in [-0.05, 0) is 42.7 Å². The molecule has 0 amide bonds. The molecule has 1 aromatic heterocycles. The van der Waals surface area contributed by atoms with Crippen LogP contribution < -0.4 is 5.32 Å². The number of benzene rings is 2. The Bertz CT molecular complexity index is 736. The van der Waals surface area contributed by atoms with Crippen LogP contribution in [0, 0.1) is 13.8 Å². The number of rotatable bonds is 4. The van der Waals surface area contributed by atoms with E-state index in [0.29, 0.717) is 5.89 Å². The van der Waals surface area contributed by atoms with E-state index in [4.69, 9.17) is 4.42 Å². The number of aromatic nitrogens is 2. The van der Waals surface area contributed by atoms with Crippen LogP contribution in [0.2, 0.25) is 0 Å². The summed E-state index contributed by atoms with van der Waals surface area (Å²) < 4.78 is 5.25. The first-order valence-corrected chi connectivity index (χ1v) is 6.89. The molecule has 4 heteroatoms. The summed E-state index contributed by atoms with van der Waals surface area (Å²) in [4.78, 5) is 0. The van der Waals surface area contributed by atoms with Gasteiger partial charge < -0.3 is 9.73 Å². The second-order valence-electron chi connectivity index (χ2n) is 5.05. The van der Waals surface area contributed by atoms with Crippen LogP contribution in [-0.4, -0.2) is 10.2 Å². The van der Waals surface area contributed by atoms with Crippen molar-refractivity contribution in [3.8, 4) is 11.5 Å². The number of hydrogen-bond donors (Lipinski definition) is 1. The summed E-state index contributed by atoms with van der Waals surface area (Å²) in [5.74, 6) is 0.536. The van der Waals surface area contributed by atoms with E-state index in [2.05, 4.69) is 59.7 Å². The summed E-state index contributed by atoms with van der Waals surface area (Å²) in [5.41, 5.74) is 5.77. The maximum atomic E-state index is 5.25. The van der Waals surface area contributed by atoms with Crippen LogP contribution in [0.3, 0.4) is 0 Å². The van der Waals surface area contributed by atoms with Gasteiger partial charge >= 0.3 is 0 Å². The van der Waals surface area contributed by atoms with Gasteiger partial charge in [-0.3, -0.25) is 0 Å². The van der Waals surface area contributed by atoms with Crippen LogP contribution in [0.1, 0.15) is 16.7 Å². The predicted octanol–water partition coefficient (Wildman–Crippen LogP) is 3.97. The lowest BCUT2D eigenvalue weighted by atomic mass is 10.1. The molecule has 3 aromatic rings. The second kappa shape index (κ2) is 5.79. The molecule has 0 unspecified atom stereocenters. The molecule has 0 fully saturated rings. The molecular weight excluding hydrogens is 262 g/mol. The minimum atomic E-state index is 0.536. The van der Waals surface area contributed by atoms with E-state index >= 15 is 0 Å². The molecule has 0 radical (unpaired) electrons. The third-order valence-corrected chi connectivity index (χ3v) is 3.58. The average molecular weight is 279 g/mol. The average Bonchev–Trinajstić information content (AvgIpc) is 3.02. The highest BCUT2D eigenvalue weighted by Gasteiger charge is 2.07. The fourth-order valence-electron chi connectivity index (χ4n) is 2.24. The molecule has 2 aromatic carbocycles. The molecular formula is C17H17N3O. The fourth-order valence-corrected chi connectivity index (χ4v) is 2.24. The van der Waals surface area contributed by atoms with Crippen LogP contribution in [0.15, 0.2) is 53.3 Å². The first-order chi connectivity index (χ1) is 10.2. The standard InChI is InChI=1S/C17H17N3O/c1-12-5-3-4-6-15(12)10-18-16-9-14(8-7-13(16)2)17-20-19-11-21-17/h3-9,11,18H,10H2,1-2H3. The summed E-state index contributed by atoms with van der Waals surface area (Å²) in [7, 11) is 0. The normalized spacial score (nSPS) is 10.6.